The predicted octanol–water partition coefficient (Wildman–Crippen LogP) is 5.61. The lowest BCUT2D eigenvalue weighted by Gasteiger charge is -2.20. The molecule has 0 saturated carbocycles. The summed E-state index contributed by atoms with van der Waals surface area (Å²) in [5.74, 6) is 1.34. The zero-order valence-corrected chi connectivity index (χ0v) is 19.2. The molecule has 0 aliphatic heterocycles. The van der Waals surface area contributed by atoms with Crippen molar-refractivity contribution in [3.05, 3.63) is 66.2 Å². The number of anilines is 2. The van der Waals surface area contributed by atoms with Crippen molar-refractivity contribution in [3.8, 4) is 23.0 Å². The number of nitrogens with one attached hydrogen (secondary N) is 1. The molecule has 1 heterocycles. The maximum Gasteiger partial charge on any atom is 0.255 e. The molecule has 1 amide bonds. The van der Waals surface area contributed by atoms with Crippen LogP contribution in [0.3, 0.4) is 0 Å². The Labute approximate surface area is 192 Å². The number of oxazole rings is 1. The summed E-state index contributed by atoms with van der Waals surface area (Å²) in [4.78, 5) is 19.6. The van der Waals surface area contributed by atoms with Crippen LogP contribution in [0, 0.1) is 0 Å². The van der Waals surface area contributed by atoms with E-state index in [0.717, 1.165) is 18.7 Å². The first-order valence-electron chi connectivity index (χ1n) is 10.9. The summed E-state index contributed by atoms with van der Waals surface area (Å²) in [6, 6.07) is 18.6. The predicted molar refractivity (Wildman–Crippen MR) is 131 cm³/mol. The zero-order valence-electron chi connectivity index (χ0n) is 19.2. The highest BCUT2D eigenvalue weighted by Crippen LogP contribution is 2.30. The van der Waals surface area contributed by atoms with Crippen LogP contribution in [0.15, 0.2) is 65.1 Å². The maximum absolute atomic E-state index is 12.7. The lowest BCUT2D eigenvalue weighted by atomic mass is 10.1. The van der Waals surface area contributed by atoms with E-state index in [1.807, 2.05) is 12.1 Å². The Morgan fingerprint density at radius 3 is 2.33 bits per heavy atom. The minimum Gasteiger partial charge on any atom is -0.493 e. The van der Waals surface area contributed by atoms with Gasteiger partial charge in [0.1, 0.15) is 5.52 Å². The first-order valence-corrected chi connectivity index (χ1v) is 10.9. The van der Waals surface area contributed by atoms with Crippen molar-refractivity contribution in [3.63, 3.8) is 0 Å². The summed E-state index contributed by atoms with van der Waals surface area (Å²) in [7, 11) is 3.09. The Balaban J connectivity index is 1.54. The van der Waals surface area contributed by atoms with Gasteiger partial charge in [0, 0.05) is 35.6 Å². The molecule has 0 bridgehead atoms. The van der Waals surface area contributed by atoms with Crippen molar-refractivity contribution < 1.29 is 18.7 Å². The molecule has 3 aromatic carbocycles. The van der Waals surface area contributed by atoms with E-state index in [9.17, 15) is 4.79 Å². The van der Waals surface area contributed by atoms with E-state index in [1.54, 1.807) is 43.5 Å². The molecule has 0 aliphatic carbocycles. The standard InChI is InChI=1S/C26H27N3O4/c1-5-29(6-2)20-11-7-17(8-12-20)26-28-21-16-19(10-14-22(21)33-26)27-25(30)18-9-13-23(31-3)24(15-18)32-4/h7-16H,5-6H2,1-4H3,(H,27,30). The highest BCUT2D eigenvalue weighted by molar-refractivity contribution is 6.05. The second-order valence-electron chi connectivity index (χ2n) is 7.44. The second kappa shape index (κ2) is 9.65. The van der Waals surface area contributed by atoms with Gasteiger partial charge in [-0.15, -0.1) is 0 Å². The van der Waals surface area contributed by atoms with Crippen molar-refractivity contribution in [2.24, 2.45) is 0 Å². The number of fused-ring (bicyclic) bond motifs is 1. The fourth-order valence-corrected chi connectivity index (χ4v) is 3.71. The largest absolute Gasteiger partial charge is 0.493 e. The van der Waals surface area contributed by atoms with Gasteiger partial charge in [-0.2, -0.15) is 0 Å². The van der Waals surface area contributed by atoms with Crippen LogP contribution in [0.5, 0.6) is 11.5 Å². The minimum absolute atomic E-state index is 0.258. The molecule has 0 radical (unpaired) electrons. The van der Waals surface area contributed by atoms with Crippen molar-refractivity contribution in [2.45, 2.75) is 13.8 Å². The van der Waals surface area contributed by atoms with Crippen molar-refractivity contribution >= 4 is 28.4 Å². The molecule has 1 aromatic heterocycles. The molecule has 0 unspecified atom stereocenters. The van der Waals surface area contributed by atoms with Gasteiger partial charge in [0.15, 0.2) is 17.1 Å². The van der Waals surface area contributed by atoms with Gasteiger partial charge < -0.3 is 24.1 Å². The summed E-state index contributed by atoms with van der Waals surface area (Å²) in [5.41, 5.74) is 4.48. The Kier molecular flexibility index (Phi) is 6.49. The third-order valence-electron chi connectivity index (χ3n) is 5.53. The fourth-order valence-electron chi connectivity index (χ4n) is 3.71. The molecule has 4 aromatic rings. The molecule has 170 valence electrons. The van der Waals surface area contributed by atoms with E-state index in [1.165, 1.54) is 12.8 Å². The van der Waals surface area contributed by atoms with Crippen LogP contribution in [0.25, 0.3) is 22.6 Å². The van der Waals surface area contributed by atoms with Crippen LogP contribution in [-0.4, -0.2) is 38.2 Å². The molecule has 1 N–H and O–H groups in total. The fraction of sp³-hybridized carbons (Fsp3) is 0.231. The molecule has 0 saturated heterocycles. The number of nitrogens with zero attached hydrogens (tertiary/aromatic N) is 2. The third kappa shape index (κ3) is 4.62. The summed E-state index contributed by atoms with van der Waals surface area (Å²) < 4.78 is 16.5. The van der Waals surface area contributed by atoms with Crippen LogP contribution < -0.4 is 19.7 Å². The van der Waals surface area contributed by atoms with Crippen LogP contribution in [0.2, 0.25) is 0 Å². The lowest BCUT2D eigenvalue weighted by molar-refractivity contribution is 0.102. The van der Waals surface area contributed by atoms with Gasteiger partial charge in [-0.05, 0) is 74.5 Å². The van der Waals surface area contributed by atoms with E-state index in [2.05, 4.69) is 41.2 Å². The number of aromatic nitrogens is 1. The number of ether oxygens (including phenoxy) is 2. The Hall–Kier alpha value is -4.00. The highest BCUT2D eigenvalue weighted by Gasteiger charge is 2.13. The summed E-state index contributed by atoms with van der Waals surface area (Å²) in [6.07, 6.45) is 0. The molecule has 7 heteroatoms. The van der Waals surface area contributed by atoms with Crippen LogP contribution in [-0.2, 0) is 0 Å². The van der Waals surface area contributed by atoms with Gasteiger partial charge in [0.05, 0.1) is 14.2 Å². The quantitative estimate of drug-likeness (QED) is 0.380. The van der Waals surface area contributed by atoms with Gasteiger partial charge in [0.2, 0.25) is 5.89 Å². The molecule has 7 nitrogen and oxygen atoms in total. The van der Waals surface area contributed by atoms with E-state index in [-0.39, 0.29) is 5.91 Å². The van der Waals surface area contributed by atoms with E-state index in [0.29, 0.717) is 39.7 Å². The number of benzene rings is 3. The average molecular weight is 446 g/mol. The number of carbonyl (C=O) groups is 1. The number of carbonyl (C=O) groups excluding carboxylic acids is 1. The number of methoxy groups -OCH3 is 2. The molecule has 4 rings (SSSR count). The van der Waals surface area contributed by atoms with Crippen molar-refractivity contribution in [1.82, 2.24) is 4.98 Å². The molecule has 0 atom stereocenters. The summed E-state index contributed by atoms with van der Waals surface area (Å²) in [6.45, 7) is 6.19. The number of hydrogen-bond donors (Lipinski definition) is 1. The monoisotopic (exact) mass is 445 g/mol. The van der Waals surface area contributed by atoms with E-state index >= 15 is 0 Å². The van der Waals surface area contributed by atoms with Gasteiger partial charge in [0.25, 0.3) is 5.91 Å². The summed E-state index contributed by atoms with van der Waals surface area (Å²) >= 11 is 0. The third-order valence-corrected chi connectivity index (χ3v) is 5.53. The highest BCUT2D eigenvalue weighted by atomic mass is 16.5. The normalized spacial score (nSPS) is 10.8. The Morgan fingerprint density at radius 2 is 1.67 bits per heavy atom. The van der Waals surface area contributed by atoms with E-state index < -0.39 is 0 Å². The summed E-state index contributed by atoms with van der Waals surface area (Å²) in [5, 5.41) is 2.90. The minimum atomic E-state index is -0.258. The van der Waals surface area contributed by atoms with Gasteiger partial charge in [-0.25, -0.2) is 4.98 Å². The van der Waals surface area contributed by atoms with Crippen molar-refractivity contribution in [2.75, 3.05) is 37.5 Å². The lowest BCUT2D eigenvalue weighted by Crippen LogP contribution is -2.21. The van der Waals surface area contributed by atoms with E-state index in [4.69, 9.17) is 13.9 Å². The molecule has 33 heavy (non-hydrogen) atoms. The van der Waals surface area contributed by atoms with Crippen LogP contribution in [0.1, 0.15) is 24.2 Å². The van der Waals surface area contributed by atoms with Gasteiger partial charge in [-0.1, -0.05) is 0 Å². The number of hydrogen-bond acceptors (Lipinski definition) is 6. The molecule has 0 aliphatic rings. The Morgan fingerprint density at radius 1 is 0.939 bits per heavy atom. The first-order chi connectivity index (χ1) is 16.1. The molecular weight excluding hydrogens is 418 g/mol. The topological polar surface area (TPSA) is 76.8 Å². The number of amides is 1. The van der Waals surface area contributed by atoms with Crippen LogP contribution in [0.4, 0.5) is 11.4 Å². The molecular formula is C26H27N3O4. The first kappa shape index (κ1) is 22.2. The smallest absolute Gasteiger partial charge is 0.255 e. The Bertz CT molecular complexity index is 1260. The molecule has 0 spiro atoms. The molecule has 0 fully saturated rings. The second-order valence-corrected chi connectivity index (χ2v) is 7.44. The van der Waals surface area contributed by atoms with Crippen molar-refractivity contribution in [1.29, 1.82) is 0 Å². The van der Waals surface area contributed by atoms with Crippen LogP contribution >= 0.6 is 0 Å². The number of rotatable bonds is 8. The van der Waals surface area contributed by atoms with Gasteiger partial charge in [-0.3, -0.25) is 4.79 Å². The SMILES string of the molecule is CCN(CC)c1ccc(-c2nc3cc(NC(=O)c4ccc(OC)c(OC)c4)ccc3o2)cc1. The van der Waals surface area contributed by atoms with Gasteiger partial charge >= 0.3 is 0 Å². The maximum atomic E-state index is 12.7. The average Bonchev–Trinajstić information content (AvgIpc) is 3.28. The zero-order chi connectivity index (χ0) is 23.4.